The Kier molecular flexibility index (Phi) is 4.71. The van der Waals surface area contributed by atoms with E-state index in [1.54, 1.807) is 0 Å². The summed E-state index contributed by atoms with van der Waals surface area (Å²) in [5.41, 5.74) is 2.20. The van der Waals surface area contributed by atoms with Gasteiger partial charge < -0.3 is 10.0 Å². The number of hydrogen-bond acceptors (Lipinski definition) is 3. The van der Waals surface area contributed by atoms with Gasteiger partial charge in [0.15, 0.2) is 0 Å². The van der Waals surface area contributed by atoms with Crippen molar-refractivity contribution in [1.82, 2.24) is 9.88 Å². The van der Waals surface area contributed by atoms with Gasteiger partial charge in [0.05, 0.1) is 11.6 Å². The number of likely N-dealkylation sites (tertiary alicyclic amines) is 1. The SMILES string of the molecule is O=C(C1CCCCC1)N1C[C@@H](Cc2ccnc3ccccc23)[C@@H](O)C1. The van der Waals surface area contributed by atoms with Crippen LogP contribution < -0.4 is 0 Å². The number of carbonyl (C=O) groups excluding carboxylic acids is 1. The number of aromatic nitrogens is 1. The van der Waals surface area contributed by atoms with E-state index in [-0.39, 0.29) is 17.7 Å². The van der Waals surface area contributed by atoms with E-state index in [2.05, 4.69) is 11.1 Å². The first-order valence-electron chi connectivity index (χ1n) is 9.52. The second kappa shape index (κ2) is 7.12. The van der Waals surface area contributed by atoms with Crippen molar-refractivity contribution in [1.29, 1.82) is 0 Å². The number of hydrogen-bond donors (Lipinski definition) is 1. The number of nitrogens with zero attached hydrogens (tertiary/aromatic N) is 2. The van der Waals surface area contributed by atoms with Crippen LogP contribution in [0.1, 0.15) is 37.7 Å². The summed E-state index contributed by atoms with van der Waals surface area (Å²) in [6.07, 6.45) is 7.82. The van der Waals surface area contributed by atoms with Crippen molar-refractivity contribution in [3.05, 3.63) is 42.1 Å². The Balaban J connectivity index is 1.47. The Labute approximate surface area is 148 Å². The topological polar surface area (TPSA) is 53.4 Å². The van der Waals surface area contributed by atoms with Gasteiger partial charge in [-0.3, -0.25) is 9.78 Å². The molecule has 1 aliphatic heterocycles. The zero-order valence-corrected chi connectivity index (χ0v) is 14.6. The highest BCUT2D eigenvalue weighted by Crippen LogP contribution is 2.30. The number of fused-ring (bicyclic) bond motifs is 1. The normalized spacial score (nSPS) is 24.8. The molecule has 1 aromatic carbocycles. The van der Waals surface area contributed by atoms with E-state index >= 15 is 0 Å². The van der Waals surface area contributed by atoms with E-state index in [9.17, 15) is 9.90 Å². The van der Waals surface area contributed by atoms with Gasteiger partial charge in [-0.2, -0.15) is 0 Å². The highest BCUT2D eigenvalue weighted by Gasteiger charge is 2.36. The lowest BCUT2D eigenvalue weighted by Gasteiger charge is -2.26. The molecule has 0 bridgehead atoms. The minimum Gasteiger partial charge on any atom is -0.391 e. The fraction of sp³-hybridized carbons (Fsp3) is 0.524. The van der Waals surface area contributed by atoms with Gasteiger partial charge in [-0.1, -0.05) is 37.5 Å². The Hall–Kier alpha value is -1.94. The maximum absolute atomic E-state index is 12.8. The zero-order valence-electron chi connectivity index (χ0n) is 14.6. The molecule has 4 rings (SSSR count). The summed E-state index contributed by atoms with van der Waals surface area (Å²) in [7, 11) is 0. The minimum atomic E-state index is -0.431. The summed E-state index contributed by atoms with van der Waals surface area (Å²) in [5.74, 6) is 0.556. The van der Waals surface area contributed by atoms with Crippen molar-refractivity contribution in [3.8, 4) is 0 Å². The van der Waals surface area contributed by atoms with E-state index in [1.807, 2.05) is 35.4 Å². The molecule has 1 aromatic heterocycles. The van der Waals surface area contributed by atoms with Gasteiger partial charge in [0.25, 0.3) is 0 Å². The third-order valence-corrected chi connectivity index (χ3v) is 5.89. The Morgan fingerprint density at radius 1 is 1.12 bits per heavy atom. The van der Waals surface area contributed by atoms with Crippen molar-refractivity contribution < 1.29 is 9.90 Å². The molecule has 0 radical (unpaired) electrons. The Morgan fingerprint density at radius 2 is 1.92 bits per heavy atom. The molecule has 1 amide bonds. The number of aliphatic hydroxyl groups is 1. The van der Waals surface area contributed by atoms with E-state index in [1.165, 1.54) is 24.8 Å². The van der Waals surface area contributed by atoms with Gasteiger partial charge in [-0.15, -0.1) is 0 Å². The van der Waals surface area contributed by atoms with E-state index in [4.69, 9.17) is 0 Å². The Bertz CT molecular complexity index is 749. The first-order valence-corrected chi connectivity index (χ1v) is 9.52. The van der Waals surface area contributed by atoms with Gasteiger partial charge in [0.1, 0.15) is 0 Å². The summed E-state index contributed by atoms with van der Waals surface area (Å²) >= 11 is 0. The van der Waals surface area contributed by atoms with Crippen molar-refractivity contribution >= 4 is 16.8 Å². The maximum atomic E-state index is 12.8. The lowest BCUT2D eigenvalue weighted by Crippen LogP contribution is -2.36. The van der Waals surface area contributed by atoms with Crippen LogP contribution >= 0.6 is 0 Å². The summed E-state index contributed by atoms with van der Waals surface area (Å²) in [6, 6.07) is 10.2. The summed E-state index contributed by atoms with van der Waals surface area (Å²) < 4.78 is 0. The number of para-hydroxylation sites is 1. The fourth-order valence-corrected chi connectivity index (χ4v) is 4.46. The van der Waals surface area contributed by atoms with Crippen molar-refractivity contribution in [2.45, 2.75) is 44.6 Å². The average molecular weight is 338 g/mol. The Morgan fingerprint density at radius 3 is 2.76 bits per heavy atom. The van der Waals surface area contributed by atoms with Crippen molar-refractivity contribution in [3.63, 3.8) is 0 Å². The minimum absolute atomic E-state index is 0.110. The molecule has 2 aliphatic rings. The first kappa shape index (κ1) is 16.5. The molecule has 2 aromatic rings. The third-order valence-electron chi connectivity index (χ3n) is 5.89. The van der Waals surface area contributed by atoms with Gasteiger partial charge >= 0.3 is 0 Å². The number of amides is 1. The van der Waals surface area contributed by atoms with Crippen LogP contribution in [0, 0.1) is 11.8 Å². The molecule has 2 atom stereocenters. The molecule has 4 heteroatoms. The van der Waals surface area contributed by atoms with E-state index < -0.39 is 6.10 Å². The first-order chi connectivity index (χ1) is 12.2. The molecule has 2 heterocycles. The molecule has 1 saturated heterocycles. The number of pyridine rings is 1. The molecule has 1 saturated carbocycles. The molecular weight excluding hydrogens is 312 g/mol. The predicted octanol–water partition coefficient (Wildman–Crippen LogP) is 3.18. The molecule has 4 nitrogen and oxygen atoms in total. The van der Waals surface area contributed by atoms with Gasteiger partial charge in [0.2, 0.25) is 5.91 Å². The molecule has 2 fully saturated rings. The van der Waals surface area contributed by atoms with Gasteiger partial charge in [0, 0.05) is 36.5 Å². The van der Waals surface area contributed by atoms with E-state index in [0.717, 1.165) is 30.2 Å². The van der Waals surface area contributed by atoms with Gasteiger partial charge in [-0.05, 0) is 37.0 Å². The predicted molar refractivity (Wildman–Crippen MR) is 98.1 cm³/mol. The smallest absolute Gasteiger partial charge is 0.225 e. The summed E-state index contributed by atoms with van der Waals surface area (Å²) in [5, 5.41) is 11.7. The second-order valence-electron chi connectivity index (χ2n) is 7.60. The summed E-state index contributed by atoms with van der Waals surface area (Å²) in [4.78, 5) is 19.1. The number of aliphatic hydroxyl groups excluding tert-OH is 1. The molecule has 0 unspecified atom stereocenters. The standard InChI is InChI=1S/C21H26N2O2/c24-20-14-23(21(25)15-6-2-1-3-7-15)13-17(20)12-16-10-11-22-19-9-5-4-8-18(16)19/h4-5,8-11,15,17,20,24H,1-3,6-7,12-14H2/t17-,20+/m1/s1. The molecular formula is C21H26N2O2. The van der Waals surface area contributed by atoms with Crippen LogP contribution in [0.15, 0.2) is 36.5 Å². The van der Waals surface area contributed by atoms with Crippen LogP contribution in [-0.4, -0.2) is 40.1 Å². The summed E-state index contributed by atoms with van der Waals surface area (Å²) in [6.45, 7) is 1.16. The molecule has 1 N–H and O–H groups in total. The number of rotatable bonds is 3. The van der Waals surface area contributed by atoms with Crippen LogP contribution in [0.3, 0.4) is 0 Å². The van der Waals surface area contributed by atoms with Crippen LogP contribution in [0.5, 0.6) is 0 Å². The lowest BCUT2D eigenvalue weighted by atomic mass is 9.88. The highest BCUT2D eigenvalue weighted by molar-refractivity contribution is 5.82. The van der Waals surface area contributed by atoms with Gasteiger partial charge in [-0.25, -0.2) is 0 Å². The quantitative estimate of drug-likeness (QED) is 0.935. The second-order valence-corrected chi connectivity index (χ2v) is 7.60. The average Bonchev–Trinajstić information content (AvgIpc) is 3.03. The third kappa shape index (κ3) is 3.40. The molecule has 25 heavy (non-hydrogen) atoms. The number of carbonyl (C=O) groups is 1. The maximum Gasteiger partial charge on any atom is 0.225 e. The monoisotopic (exact) mass is 338 g/mol. The largest absolute Gasteiger partial charge is 0.391 e. The van der Waals surface area contributed by atoms with Crippen LogP contribution in [0.25, 0.3) is 10.9 Å². The number of benzene rings is 1. The lowest BCUT2D eigenvalue weighted by molar-refractivity contribution is -0.135. The van der Waals surface area contributed by atoms with Crippen LogP contribution in [0.2, 0.25) is 0 Å². The van der Waals surface area contributed by atoms with Crippen molar-refractivity contribution in [2.24, 2.45) is 11.8 Å². The number of β-amino-alcohol motifs (C(OH)–C–C–N with tert-alkyl or cyclic N) is 1. The highest BCUT2D eigenvalue weighted by atomic mass is 16.3. The molecule has 0 spiro atoms. The fourth-order valence-electron chi connectivity index (χ4n) is 4.46. The van der Waals surface area contributed by atoms with E-state index in [0.29, 0.717) is 13.1 Å². The van der Waals surface area contributed by atoms with Crippen LogP contribution in [-0.2, 0) is 11.2 Å². The van der Waals surface area contributed by atoms with Crippen molar-refractivity contribution in [2.75, 3.05) is 13.1 Å². The zero-order chi connectivity index (χ0) is 17.2. The van der Waals surface area contributed by atoms with Crippen LogP contribution in [0.4, 0.5) is 0 Å². The molecule has 1 aliphatic carbocycles. The molecule has 132 valence electrons.